The molecule has 0 saturated carbocycles. The van der Waals surface area contributed by atoms with E-state index in [1.807, 2.05) is 0 Å². The number of carbonyl (C=O) groups is 3. The van der Waals surface area contributed by atoms with Crippen molar-refractivity contribution in [2.75, 3.05) is 13.2 Å². The number of unbranched alkanes of at least 4 members (excludes halogenated alkanes) is 26. The maximum Gasteiger partial charge on any atom is 0.306 e. The Morgan fingerprint density at radius 3 is 0.762 bits per heavy atom. The van der Waals surface area contributed by atoms with Gasteiger partial charge < -0.3 is 14.2 Å². The van der Waals surface area contributed by atoms with E-state index in [4.69, 9.17) is 14.2 Å². The van der Waals surface area contributed by atoms with Crippen molar-refractivity contribution >= 4 is 17.9 Å². The van der Waals surface area contributed by atoms with E-state index < -0.39 is 6.10 Å². The van der Waals surface area contributed by atoms with Gasteiger partial charge in [-0.25, -0.2) is 0 Å². The van der Waals surface area contributed by atoms with Crippen LogP contribution >= 0.6 is 0 Å². The van der Waals surface area contributed by atoms with E-state index in [1.165, 1.54) is 103 Å². The highest BCUT2D eigenvalue weighted by molar-refractivity contribution is 5.71. The summed E-state index contributed by atoms with van der Waals surface area (Å²) in [5, 5.41) is 0. The summed E-state index contributed by atoms with van der Waals surface area (Å²) in [7, 11) is 0. The molecule has 0 spiro atoms. The Morgan fingerprint density at radius 1 is 0.263 bits per heavy atom. The number of hydrogen-bond donors (Lipinski definition) is 0. The molecule has 0 aromatic heterocycles. The minimum absolute atomic E-state index is 0.0923. The van der Waals surface area contributed by atoms with Gasteiger partial charge in [-0.15, -0.1) is 0 Å². The van der Waals surface area contributed by atoms with Gasteiger partial charge in [-0.1, -0.05) is 296 Å². The van der Waals surface area contributed by atoms with E-state index in [9.17, 15) is 14.4 Å². The van der Waals surface area contributed by atoms with Crippen LogP contribution < -0.4 is 0 Å². The second-order valence-electron chi connectivity index (χ2n) is 21.6. The summed E-state index contributed by atoms with van der Waals surface area (Å²) in [6, 6.07) is 0. The average Bonchev–Trinajstić information content (AvgIpc) is 3.46. The molecule has 6 heteroatoms. The highest BCUT2D eigenvalue weighted by Crippen LogP contribution is 2.16. The molecule has 0 aliphatic heterocycles. The molecule has 0 radical (unpaired) electrons. The van der Waals surface area contributed by atoms with Crippen LogP contribution in [0.15, 0.2) is 134 Å². The third-order valence-corrected chi connectivity index (χ3v) is 13.9. The second kappa shape index (κ2) is 67.1. The van der Waals surface area contributed by atoms with Gasteiger partial charge in [0.2, 0.25) is 0 Å². The zero-order valence-corrected chi connectivity index (χ0v) is 52.0. The standard InChI is InChI=1S/C74H122O6/c1-4-7-10-13-16-19-22-25-28-31-33-35-37-39-41-43-46-49-52-55-58-61-64-67-73(76)79-70-71(69-78-72(75)66-63-60-57-54-51-48-45-30-27-24-21-18-15-12-9-6-3)80-74(77)68-65-62-59-56-53-50-47-44-42-40-38-36-34-32-29-26-23-20-17-14-11-8-5-2/h7-8,10-11,16-17,19-20,25-26,28-29,33-36,39-42,46,49,71H,4-6,9,12-15,18,21-24,27,30-32,37-38,43-45,47-48,50-70H2,1-3H3/b10-7-,11-8-,19-16-,20-17-,28-25-,29-26-,35-33-,36-34-,41-39-,42-40-,49-46-. The zero-order chi connectivity index (χ0) is 57.8. The van der Waals surface area contributed by atoms with Crippen molar-refractivity contribution in [3.63, 3.8) is 0 Å². The third-order valence-electron chi connectivity index (χ3n) is 13.9. The van der Waals surface area contributed by atoms with Crippen molar-refractivity contribution in [1.82, 2.24) is 0 Å². The first kappa shape index (κ1) is 75.5. The Morgan fingerprint density at radius 2 is 0.487 bits per heavy atom. The summed E-state index contributed by atoms with van der Waals surface area (Å²) in [5.41, 5.74) is 0. The smallest absolute Gasteiger partial charge is 0.306 e. The van der Waals surface area contributed by atoms with Crippen molar-refractivity contribution < 1.29 is 28.6 Å². The number of allylic oxidation sites excluding steroid dienone is 22. The van der Waals surface area contributed by atoms with Crippen LogP contribution in [0.3, 0.4) is 0 Å². The van der Waals surface area contributed by atoms with Gasteiger partial charge in [0.05, 0.1) is 0 Å². The Labute approximate surface area is 494 Å². The van der Waals surface area contributed by atoms with Crippen LogP contribution in [0.5, 0.6) is 0 Å². The maximum absolute atomic E-state index is 12.9. The SMILES string of the molecule is CC/C=C\C/C=C\C/C=C\C/C=C\C/C=C\C/C=C\CCCCCCC(=O)OCC(COC(=O)CCCCCCCCCCCCCCCCCC)OC(=O)CCCCCCCCC/C=C\C/C=C\C/C=C\C/C=C\C/C=C\CC. The number of ether oxygens (including phenoxy) is 3. The summed E-state index contributed by atoms with van der Waals surface area (Å²) >= 11 is 0. The lowest BCUT2D eigenvalue weighted by Crippen LogP contribution is -2.30. The van der Waals surface area contributed by atoms with Crippen molar-refractivity contribution in [2.24, 2.45) is 0 Å². The molecular weight excluding hydrogens is 985 g/mol. The maximum atomic E-state index is 12.9. The highest BCUT2D eigenvalue weighted by Gasteiger charge is 2.19. The van der Waals surface area contributed by atoms with Crippen molar-refractivity contribution in [2.45, 2.75) is 303 Å². The Balaban J connectivity index is 4.47. The molecule has 454 valence electrons. The molecule has 0 aromatic rings. The number of hydrogen-bond acceptors (Lipinski definition) is 6. The van der Waals surface area contributed by atoms with Gasteiger partial charge in [0.25, 0.3) is 0 Å². The summed E-state index contributed by atoms with van der Waals surface area (Å²) in [6.07, 6.45) is 94.5. The van der Waals surface area contributed by atoms with Crippen LogP contribution in [0.4, 0.5) is 0 Å². The largest absolute Gasteiger partial charge is 0.462 e. The summed E-state index contributed by atoms with van der Waals surface area (Å²) in [6.45, 7) is 6.41. The van der Waals surface area contributed by atoms with Crippen LogP contribution in [0.1, 0.15) is 297 Å². The lowest BCUT2D eigenvalue weighted by atomic mass is 10.0. The predicted octanol–water partition coefficient (Wildman–Crippen LogP) is 22.9. The second-order valence-corrected chi connectivity index (χ2v) is 21.6. The number of esters is 3. The molecule has 0 N–H and O–H groups in total. The molecule has 0 bridgehead atoms. The fourth-order valence-electron chi connectivity index (χ4n) is 9.00. The van der Waals surface area contributed by atoms with E-state index in [-0.39, 0.29) is 31.1 Å². The van der Waals surface area contributed by atoms with Crippen molar-refractivity contribution in [3.8, 4) is 0 Å². The lowest BCUT2D eigenvalue weighted by Gasteiger charge is -2.18. The topological polar surface area (TPSA) is 78.9 Å². The molecule has 0 saturated heterocycles. The predicted molar refractivity (Wildman–Crippen MR) is 348 cm³/mol. The van der Waals surface area contributed by atoms with Crippen LogP contribution in [0.25, 0.3) is 0 Å². The van der Waals surface area contributed by atoms with E-state index in [2.05, 4.69) is 154 Å². The van der Waals surface area contributed by atoms with E-state index in [0.29, 0.717) is 19.3 Å². The fraction of sp³-hybridized carbons (Fsp3) is 0.662. The van der Waals surface area contributed by atoms with Gasteiger partial charge in [0, 0.05) is 19.3 Å². The molecule has 0 aliphatic rings. The molecule has 0 fully saturated rings. The molecule has 80 heavy (non-hydrogen) atoms. The highest BCUT2D eigenvalue weighted by atomic mass is 16.6. The molecule has 0 amide bonds. The molecule has 0 aromatic carbocycles. The molecule has 6 nitrogen and oxygen atoms in total. The minimum Gasteiger partial charge on any atom is -0.462 e. The molecule has 0 heterocycles. The van der Waals surface area contributed by atoms with Crippen LogP contribution in [0, 0.1) is 0 Å². The fourth-order valence-corrected chi connectivity index (χ4v) is 9.00. The monoisotopic (exact) mass is 1110 g/mol. The molecular formula is C74H122O6. The molecule has 1 atom stereocenters. The van der Waals surface area contributed by atoms with Crippen molar-refractivity contribution in [1.29, 1.82) is 0 Å². The van der Waals surface area contributed by atoms with Gasteiger partial charge in [0.1, 0.15) is 13.2 Å². The van der Waals surface area contributed by atoms with Crippen LogP contribution in [-0.4, -0.2) is 37.2 Å². The zero-order valence-electron chi connectivity index (χ0n) is 52.0. The average molecular weight is 1110 g/mol. The normalized spacial score (nSPS) is 13.0. The molecule has 0 aliphatic carbocycles. The van der Waals surface area contributed by atoms with E-state index >= 15 is 0 Å². The first-order valence-electron chi connectivity index (χ1n) is 33.2. The van der Waals surface area contributed by atoms with Gasteiger partial charge in [-0.05, 0) is 116 Å². The van der Waals surface area contributed by atoms with Crippen LogP contribution in [-0.2, 0) is 28.6 Å². The van der Waals surface area contributed by atoms with Gasteiger partial charge in [-0.3, -0.25) is 14.4 Å². The molecule has 1 unspecified atom stereocenters. The van der Waals surface area contributed by atoms with Gasteiger partial charge in [0.15, 0.2) is 6.10 Å². The number of carbonyl (C=O) groups excluding carboxylic acids is 3. The minimum atomic E-state index is -0.800. The first-order valence-corrected chi connectivity index (χ1v) is 33.2. The van der Waals surface area contributed by atoms with Gasteiger partial charge in [-0.2, -0.15) is 0 Å². The molecule has 0 rings (SSSR count). The quantitative estimate of drug-likeness (QED) is 0.0261. The van der Waals surface area contributed by atoms with Gasteiger partial charge >= 0.3 is 17.9 Å². The Bertz CT molecular complexity index is 1700. The summed E-state index contributed by atoms with van der Waals surface area (Å²) in [5.74, 6) is -0.922. The van der Waals surface area contributed by atoms with Crippen LogP contribution in [0.2, 0.25) is 0 Å². The third kappa shape index (κ3) is 64.4. The first-order chi connectivity index (χ1) is 39.5. The number of rotatable bonds is 59. The Kier molecular flexibility index (Phi) is 63.3. The van der Waals surface area contributed by atoms with E-state index in [1.54, 1.807) is 0 Å². The lowest BCUT2D eigenvalue weighted by molar-refractivity contribution is -0.167. The summed E-state index contributed by atoms with van der Waals surface area (Å²) < 4.78 is 16.9. The Hall–Kier alpha value is -4.45. The van der Waals surface area contributed by atoms with Crippen molar-refractivity contribution in [3.05, 3.63) is 134 Å². The summed E-state index contributed by atoms with van der Waals surface area (Å²) in [4.78, 5) is 38.4. The van der Waals surface area contributed by atoms with E-state index in [0.717, 1.165) is 154 Å².